The summed E-state index contributed by atoms with van der Waals surface area (Å²) >= 11 is 0. The summed E-state index contributed by atoms with van der Waals surface area (Å²) < 4.78 is 6.33. The molecule has 0 amide bonds. The van der Waals surface area contributed by atoms with Gasteiger partial charge in [0.2, 0.25) is 0 Å². The van der Waals surface area contributed by atoms with Gasteiger partial charge in [0.25, 0.3) is 0 Å². The minimum Gasteiger partial charge on any atom is -0.461 e. The standard InChI is InChI=1S/C45H32O/c1-29(28-39-30(2)46-42-21-11-14-33-13-10-19-37(39)43(33)42)31-22-25-35(26-23-31)45(34-15-4-3-5-16-34)40-20-9-8-18-38(40)44-36-17-7-6-12-32(36)24-27-41(44)45/h3-28H,1-2H3/b29-28+. The molecule has 1 heteroatoms. The zero-order valence-corrected chi connectivity index (χ0v) is 25.9. The molecule has 1 nitrogen and oxygen atoms in total. The number of allylic oxidation sites excluding steroid dienone is 4. The molecular weight excluding hydrogens is 556 g/mol. The van der Waals surface area contributed by atoms with Gasteiger partial charge in [0.05, 0.1) is 5.41 Å². The first-order chi connectivity index (χ1) is 22.6. The van der Waals surface area contributed by atoms with Crippen LogP contribution in [0.2, 0.25) is 0 Å². The summed E-state index contributed by atoms with van der Waals surface area (Å²) in [5.74, 6) is 1.86. The second kappa shape index (κ2) is 10.2. The first kappa shape index (κ1) is 26.7. The monoisotopic (exact) mass is 588 g/mol. The van der Waals surface area contributed by atoms with Crippen LogP contribution in [0.4, 0.5) is 0 Å². The minimum atomic E-state index is -0.428. The fourth-order valence-electron chi connectivity index (χ4n) is 8.01. The molecular formula is C45H32O. The van der Waals surface area contributed by atoms with E-state index in [1.807, 2.05) is 0 Å². The topological polar surface area (TPSA) is 9.23 Å². The van der Waals surface area contributed by atoms with Crippen LogP contribution in [0.3, 0.4) is 0 Å². The lowest BCUT2D eigenvalue weighted by atomic mass is 9.67. The molecule has 1 heterocycles. The fraction of sp³-hybridized carbons (Fsp3) is 0.0667. The van der Waals surface area contributed by atoms with Gasteiger partial charge >= 0.3 is 0 Å². The SMILES string of the molecule is CC1=C(/C=C(\C)c2ccc(C3(c4ccccc4)c4ccccc4-c4c3ccc3ccccc43)cc2)c2cccc3cccc(c23)O1. The first-order valence-electron chi connectivity index (χ1n) is 16.0. The third kappa shape index (κ3) is 3.75. The molecule has 1 aliphatic heterocycles. The molecule has 7 aromatic carbocycles. The Labute approximate surface area is 269 Å². The van der Waals surface area contributed by atoms with Crippen LogP contribution in [0.5, 0.6) is 5.75 Å². The molecule has 0 bridgehead atoms. The maximum absolute atomic E-state index is 6.33. The smallest absolute Gasteiger partial charge is 0.135 e. The van der Waals surface area contributed by atoms with Crippen LogP contribution in [0.1, 0.15) is 47.2 Å². The molecule has 1 atom stereocenters. The van der Waals surface area contributed by atoms with Crippen LogP contribution < -0.4 is 4.74 Å². The number of ether oxygens (including phenoxy) is 1. The number of fused-ring (bicyclic) bond motifs is 5. The molecule has 9 rings (SSSR count). The summed E-state index contributed by atoms with van der Waals surface area (Å²) in [6.45, 7) is 4.27. The van der Waals surface area contributed by atoms with Crippen molar-refractivity contribution in [2.24, 2.45) is 0 Å². The van der Waals surface area contributed by atoms with Crippen molar-refractivity contribution in [2.75, 3.05) is 0 Å². The molecule has 0 spiro atoms. The average molecular weight is 589 g/mol. The molecule has 0 aromatic heterocycles. The van der Waals surface area contributed by atoms with E-state index >= 15 is 0 Å². The summed E-state index contributed by atoms with van der Waals surface area (Å²) in [6.07, 6.45) is 2.29. The zero-order chi connectivity index (χ0) is 30.8. The van der Waals surface area contributed by atoms with Crippen LogP contribution in [0, 0.1) is 0 Å². The maximum atomic E-state index is 6.33. The van der Waals surface area contributed by atoms with Gasteiger partial charge in [0.15, 0.2) is 0 Å². The van der Waals surface area contributed by atoms with Crippen molar-refractivity contribution in [2.45, 2.75) is 19.3 Å². The molecule has 2 aliphatic rings. The van der Waals surface area contributed by atoms with Gasteiger partial charge < -0.3 is 4.74 Å². The van der Waals surface area contributed by atoms with E-state index in [4.69, 9.17) is 4.74 Å². The van der Waals surface area contributed by atoms with E-state index in [2.05, 4.69) is 172 Å². The predicted molar refractivity (Wildman–Crippen MR) is 192 cm³/mol. The Morgan fingerprint density at radius 1 is 0.565 bits per heavy atom. The molecule has 218 valence electrons. The average Bonchev–Trinajstić information content (AvgIpc) is 3.42. The van der Waals surface area contributed by atoms with Crippen molar-refractivity contribution in [3.05, 3.63) is 197 Å². The highest BCUT2D eigenvalue weighted by Crippen LogP contribution is 2.57. The largest absolute Gasteiger partial charge is 0.461 e. The Bertz CT molecular complexity index is 2390. The molecule has 0 saturated carbocycles. The summed E-state index contributed by atoms with van der Waals surface area (Å²) in [4.78, 5) is 0. The van der Waals surface area contributed by atoms with E-state index in [0.29, 0.717) is 0 Å². The highest BCUT2D eigenvalue weighted by Gasteiger charge is 2.46. The van der Waals surface area contributed by atoms with E-state index in [1.54, 1.807) is 0 Å². The van der Waals surface area contributed by atoms with E-state index in [-0.39, 0.29) is 0 Å². The van der Waals surface area contributed by atoms with Gasteiger partial charge in [-0.25, -0.2) is 0 Å². The second-order valence-corrected chi connectivity index (χ2v) is 12.5. The Hall–Kier alpha value is -5.66. The van der Waals surface area contributed by atoms with Gasteiger partial charge in [0, 0.05) is 11.0 Å². The fourth-order valence-corrected chi connectivity index (χ4v) is 8.01. The third-order valence-corrected chi connectivity index (χ3v) is 10.1. The summed E-state index contributed by atoms with van der Waals surface area (Å²) in [6, 6.07) is 55.5. The summed E-state index contributed by atoms with van der Waals surface area (Å²) in [5, 5.41) is 4.95. The molecule has 0 radical (unpaired) electrons. The van der Waals surface area contributed by atoms with Crippen molar-refractivity contribution in [3.8, 4) is 16.9 Å². The molecule has 0 fully saturated rings. The lowest BCUT2D eigenvalue weighted by Crippen LogP contribution is -2.28. The van der Waals surface area contributed by atoms with Crippen LogP contribution in [-0.2, 0) is 5.41 Å². The van der Waals surface area contributed by atoms with Gasteiger partial charge in [-0.2, -0.15) is 0 Å². The predicted octanol–water partition coefficient (Wildman–Crippen LogP) is 11.6. The van der Waals surface area contributed by atoms with E-state index < -0.39 is 5.41 Å². The number of rotatable bonds is 4. The van der Waals surface area contributed by atoms with Crippen molar-refractivity contribution < 1.29 is 4.74 Å². The van der Waals surface area contributed by atoms with Gasteiger partial charge in [0.1, 0.15) is 11.5 Å². The Morgan fingerprint density at radius 3 is 2.09 bits per heavy atom. The van der Waals surface area contributed by atoms with Crippen LogP contribution in [0.25, 0.3) is 43.8 Å². The van der Waals surface area contributed by atoms with E-state index in [0.717, 1.165) is 17.1 Å². The molecule has 7 aromatic rings. The van der Waals surface area contributed by atoms with Crippen molar-refractivity contribution in [1.82, 2.24) is 0 Å². The van der Waals surface area contributed by atoms with Gasteiger partial charge in [-0.3, -0.25) is 0 Å². The highest BCUT2D eigenvalue weighted by molar-refractivity contribution is 6.05. The number of benzene rings is 7. The van der Waals surface area contributed by atoms with Gasteiger partial charge in [-0.05, 0) is 92.2 Å². The quantitative estimate of drug-likeness (QED) is 0.199. The van der Waals surface area contributed by atoms with Crippen molar-refractivity contribution in [1.29, 1.82) is 0 Å². The Kier molecular flexibility index (Phi) is 5.92. The molecule has 0 saturated heterocycles. The third-order valence-electron chi connectivity index (χ3n) is 10.1. The summed E-state index contributed by atoms with van der Waals surface area (Å²) in [7, 11) is 0. The lowest BCUT2D eigenvalue weighted by molar-refractivity contribution is 0.433. The lowest BCUT2D eigenvalue weighted by Gasteiger charge is -2.34. The maximum Gasteiger partial charge on any atom is 0.135 e. The van der Waals surface area contributed by atoms with Crippen molar-refractivity contribution >= 4 is 32.7 Å². The Balaban J connectivity index is 1.21. The van der Waals surface area contributed by atoms with E-state index in [9.17, 15) is 0 Å². The van der Waals surface area contributed by atoms with Gasteiger partial charge in [-0.1, -0.05) is 146 Å². The minimum absolute atomic E-state index is 0.428. The Morgan fingerprint density at radius 2 is 1.24 bits per heavy atom. The van der Waals surface area contributed by atoms with Gasteiger partial charge in [-0.15, -0.1) is 0 Å². The number of hydrogen-bond donors (Lipinski definition) is 0. The molecule has 1 aliphatic carbocycles. The molecule has 46 heavy (non-hydrogen) atoms. The first-order valence-corrected chi connectivity index (χ1v) is 16.0. The summed E-state index contributed by atoms with van der Waals surface area (Å²) in [5.41, 5.74) is 12.2. The normalized spacial score (nSPS) is 16.8. The van der Waals surface area contributed by atoms with Crippen LogP contribution in [0.15, 0.2) is 163 Å². The molecule has 1 unspecified atom stereocenters. The van der Waals surface area contributed by atoms with Crippen LogP contribution >= 0.6 is 0 Å². The highest BCUT2D eigenvalue weighted by atomic mass is 16.5. The number of hydrogen-bond acceptors (Lipinski definition) is 1. The molecule has 0 N–H and O–H groups in total. The van der Waals surface area contributed by atoms with Crippen LogP contribution in [-0.4, -0.2) is 0 Å². The zero-order valence-electron chi connectivity index (χ0n) is 25.9. The van der Waals surface area contributed by atoms with Crippen molar-refractivity contribution in [3.63, 3.8) is 0 Å². The van der Waals surface area contributed by atoms with E-state index in [1.165, 1.54) is 71.6 Å². The second-order valence-electron chi connectivity index (χ2n) is 12.5.